The highest BCUT2D eigenvalue weighted by Crippen LogP contribution is 2.51. The Kier molecular flexibility index (Phi) is 4.38. The number of aliphatic hydroxyl groups is 1. The van der Waals surface area contributed by atoms with Crippen molar-refractivity contribution in [1.29, 1.82) is 0 Å². The molecule has 0 saturated carbocycles. The van der Waals surface area contributed by atoms with E-state index in [1.54, 1.807) is 0 Å². The average molecular weight is 340 g/mol. The second kappa shape index (κ2) is 5.56. The minimum atomic E-state index is -5.69. The first-order valence-electron chi connectivity index (χ1n) is 7.02. The Morgan fingerprint density at radius 3 is 2.59 bits per heavy atom. The molecule has 126 valence electrons. The van der Waals surface area contributed by atoms with Gasteiger partial charge in [0.2, 0.25) is 0 Å². The van der Waals surface area contributed by atoms with Gasteiger partial charge < -0.3 is 9.29 Å². The van der Waals surface area contributed by atoms with Crippen LogP contribution in [0.5, 0.6) is 0 Å². The highest BCUT2D eigenvalue weighted by Gasteiger charge is 2.50. The van der Waals surface area contributed by atoms with Crippen LogP contribution in [0.4, 0.5) is 13.2 Å². The summed E-state index contributed by atoms with van der Waals surface area (Å²) in [7, 11) is -5.69. The molecule has 0 bridgehead atoms. The van der Waals surface area contributed by atoms with Crippen LogP contribution in [0.3, 0.4) is 0 Å². The monoisotopic (exact) mass is 340 g/mol. The van der Waals surface area contributed by atoms with Crippen LogP contribution in [0.15, 0.2) is 23.0 Å². The van der Waals surface area contributed by atoms with Gasteiger partial charge in [0, 0.05) is 6.42 Å². The fourth-order valence-electron chi connectivity index (χ4n) is 3.47. The topological polar surface area (TPSA) is 63.6 Å². The quantitative estimate of drug-likeness (QED) is 0.487. The second-order valence-corrected chi connectivity index (χ2v) is 7.72. The van der Waals surface area contributed by atoms with Gasteiger partial charge in [-0.2, -0.15) is 21.6 Å². The lowest BCUT2D eigenvalue weighted by Gasteiger charge is -2.44. The molecule has 0 radical (unpaired) electrons. The van der Waals surface area contributed by atoms with E-state index in [2.05, 4.69) is 10.3 Å². The van der Waals surface area contributed by atoms with Gasteiger partial charge in [-0.05, 0) is 43.1 Å². The van der Waals surface area contributed by atoms with Gasteiger partial charge in [0.1, 0.15) is 5.76 Å². The summed E-state index contributed by atoms with van der Waals surface area (Å²) >= 11 is 0. The van der Waals surface area contributed by atoms with Gasteiger partial charge in [-0.25, -0.2) is 0 Å². The Morgan fingerprint density at radius 1 is 1.41 bits per heavy atom. The Bertz CT molecular complexity index is 618. The van der Waals surface area contributed by atoms with Gasteiger partial charge in [0.15, 0.2) is 0 Å². The van der Waals surface area contributed by atoms with E-state index in [-0.39, 0.29) is 29.1 Å². The summed E-state index contributed by atoms with van der Waals surface area (Å²) in [5, 5.41) is 9.55. The number of hydrogen-bond donors (Lipinski definition) is 1. The third-order valence-electron chi connectivity index (χ3n) is 4.53. The first kappa shape index (κ1) is 17.3. The summed E-state index contributed by atoms with van der Waals surface area (Å²) in [6, 6.07) is 0. The van der Waals surface area contributed by atoms with Crippen molar-refractivity contribution in [2.75, 3.05) is 6.61 Å². The Hall–Kier alpha value is -1.02. The number of aliphatic hydroxyl groups excluding tert-OH is 1. The van der Waals surface area contributed by atoms with Crippen molar-refractivity contribution >= 4 is 10.1 Å². The van der Waals surface area contributed by atoms with E-state index in [0.717, 1.165) is 6.42 Å². The SMILES string of the molecule is CC1=C[C@@]2(C)CCC(OS(=O)(=O)C(F)(F)F)=C(CO)[C@@H]2CC1. The zero-order valence-corrected chi connectivity index (χ0v) is 13.2. The van der Waals surface area contributed by atoms with E-state index in [0.29, 0.717) is 12.8 Å². The fourth-order valence-corrected chi connectivity index (χ4v) is 4.02. The molecular formula is C14H19F3O4S. The number of hydrogen-bond acceptors (Lipinski definition) is 4. The number of fused-ring (bicyclic) bond motifs is 1. The molecule has 2 aliphatic rings. The molecule has 0 saturated heterocycles. The van der Waals surface area contributed by atoms with E-state index in [1.165, 1.54) is 5.57 Å². The zero-order valence-electron chi connectivity index (χ0n) is 12.4. The largest absolute Gasteiger partial charge is 0.534 e. The highest BCUT2D eigenvalue weighted by atomic mass is 32.2. The van der Waals surface area contributed by atoms with Crippen LogP contribution in [-0.4, -0.2) is 25.6 Å². The molecule has 4 nitrogen and oxygen atoms in total. The van der Waals surface area contributed by atoms with Gasteiger partial charge in [0.05, 0.1) is 6.61 Å². The van der Waals surface area contributed by atoms with Crippen LogP contribution in [0.25, 0.3) is 0 Å². The van der Waals surface area contributed by atoms with Crippen LogP contribution in [0.2, 0.25) is 0 Å². The summed E-state index contributed by atoms with van der Waals surface area (Å²) in [6.07, 6.45) is 4.05. The molecule has 2 aliphatic carbocycles. The van der Waals surface area contributed by atoms with E-state index in [1.807, 2.05) is 13.8 Å². The smallest absolute Gasteiger partial charge is 0.392 e. The Morgan fingerprint density at radius 2 is 2.05 bits per heavy atom. The number of rotatable bonds is 3. The van der Waals surface area contributed by atoms with Crippen LogP contribution in [0.1, 0.15) is 39.5 Å². The molecule has 0 fully saturated rings. The van der Waals surface area contributed by atoms with Gasteiger partial charge in [0.25, 0.3) is 0 Å². The van der Waals surface area contributed by atoms with E-state index < -0.39 is 22.2 Å². The van der Waals surface area contributed by atoms with Gasteiger partial charge >= 0.3 is 15.6 Å². The van der Waals surface area contributed by atoms with Gasteiger partial charge in [-0.15, -0.1) is 0 Å². The van der Waals surface area contributed by atoms with Crippen LogP contribution >= 0.6 is 0 Å². The number of allylic oxidation sites excluding steroid dienone is 3. The normalized spacial score (nSPS) is 29.9. The van der Waals surface area contributed by atoms with E-state index in [9.17, 15) is 26.7 Å². The van der Waals surface area contributed by atoms with E-state index in [4.69, 9.17) is 0 Å². The third-order valence-corrected chi connectivity index (χ3v) is 5.52. The molecule has 0 heterocycles. The molecule has 0 aromatic heterocycles. The van der Waals surface area contributed by atoms with Crippen molar-refractivity contribution in [3.63, 3.8) is 0 Å². The standard InChI is InChI=1S/C14H19F3O4S/c1-9-3-4-11-10(8-18)12(5-6-13(11,2)7-9)21-22(19,20)14(15,16)17/h7,11,18H,3-6,8H2,1-2H3/t11-,13+/m0/s1. The first-order valence-corrected chi connectivity index (χ1v) is 8.43. The Balaban J connectivity index is 2.39. The van der Waals surface area contributed by atoms with Crippen LogP contribution in [0, 0.1) is 11.3 Å². The average Bonchev–Trinajstić information content (AvgIpc) is 2.37. The first-order chi connectivity index (χ1) is 10.00. The third kappa shape index (κ3) is 3.03. The van der Waals surface area contributed by atoms with Crippen molar-refractivity contribution in [2.24, 2.45) is 11.3 Å². The van der Waals surface area contributed by atoms with Crippen molar-refractivity contribution in [3.05, 3.63) is 23.0 Å². The molecular weight excluding hydrogens is 321 g/mol. The lowest BCUT2D eigenvalue weighted by atomic mass is 9.61. The second-order valence-electron chi connectivity index (χ2n) is 6.18. The van der Waals surface area contributed by atoms with Crippen molar-refractivity contribution in [1.82, 2.24) is 0 Å². The lowest BCUT2D eigenvalue weighted by molar-refractivity contribution is -0.0527. The maximum absolute atomic E-state index is 12.5. The molecule has 1 N–H and O–H groups in total. The van der Waals surface area contributed by atoms with Gasteiger partial charge in [-0.3, -0.25) is 0 Å². The predicted octanol–water partition coefficient (Wildman–Crippen LogP) is 3.26. The summed E-state index contributed by atoms with van der Waals surface area (Å²) in [5.74, 6) is -0.455. The molecule has 0 unspecified atom stereocenters. The molecule has 2 atom stereocenters. The summed E-state index contributed by atoms with van der Waals surface area (Å²) < 4.78 is 64.1. The molecule has 0 amide bonds. The highest BCUT2D eigenvalue weighted by molar-refractivity contribution is 7.87. The zero-order chi connectivity index (χ0) is 16.8. The number of alkyl halides is 3. The van der Waals surface area contributed by atoms with E-state index >= 15 is 0 Å². The molecule has 2 rings (SSSR count). The maximum atomic E-state index is 12.5. The summed E-state index contributed by atoms with van der Waals surface area (Å²) in [5.41, 5.74) is -4.28. The fraction of sp³-hybridized carbons (Fsp3) is 0.714. The molecule has 8 heteroatoms. The van der Waals surface area contributed by atoms with Crippen molar-refractivity contribution in [3.8, 4) is 0 Å². The van der Waals surface area contributed by atoms with Crippen molar-refractivity contribution < 1.29 is 30.9 Å². The summed E-state index contributed by atoms with van der Waals surface area (Å²) in [4.78, 5) is 0. The number of halogens is 3. The van der Waals surface area contributed by atoms with Gasteiger partial charge in [-0.1, -0.05) is 18.6 Å². The molecule has 0 aromatic rings. The Labute approximate surface area is 127 Å². The van der Waals surface area contributed by atoms with Crippen molar-refractivity contribution in [2.45, 2.75) is 45.0 Å². The maximum Gasteiger partial charge on any atom is 0.534 e. The minimum Gasteiger partial charge on any atom is -0.392 e. The van der Waals surface area contributed by atoms with Crippen LogP contribution in [-0.2, 0) is 14.3 Å². The molecule has 0 aliphatic heterocycles. The minimum absolute atomic E-state index is 0.0575. The molecule has 22 heavy (non-hydrogen) atoms. The molecule has 0 spiro atoms. The summed E-state index contributed by atoms with van der Waals surface area (Å²) in [6.45, 7) is 3.46. The molecule has 0 aromatic carbocycles. The lowest BCUT2D eigenvalue weighted by Crippen LogP contribution is -2.37. The predicted molar refractivity (Wildman–Crippen MR) is 74.0 cm³/mol. The van der Waals surface area contributed by atoms with Crippen LogP contribution < -0.4 is 0 Å².